The Hall–Kier alpha value is -1.37. The summed E-state index contributed by atoms with van der Waals surface area (Å²) in [7, 11) is 0. The molecule has 9 heavy (non-hydrogen) atoms. The van der Waals surface area contributed by atoms with E-state index in [1.165, 1.54) is 6.92 Å². The van der Waals surface area contributed by atoms with Gasteiger partial charge in [-0.3, -0.25) is 4.79 Å². The normalized spacial score (nSPS) is 5.89. The van der Waals surface area contributed by atoms with Crippen LogP contribution in [0.1, 0.15) is 13.8 Å². The van der Waals surface area contributed by atoms with Crippen LogP contribution in [0.5, 0.6) is 0 Å². The van der Waals surface area contributed by atoms with Crippen molar-refractivity contribution < 1.29 is 14.7 Å². The van der Waals surface area contributed by atoms with E-state index in [4.69, 9.17) is 10.4 Å². The number of carbonyl (C=O) groups is 2. The molecule has 0 heterocycles. The van der Waals surface area contributed by atoms with Crippen molar-refractivity contribution in [3.63, 3.8) is 0 Å². The molecule has 0 saturated carbocycles. The largest absolute Gasteiger partial charge is 0.476 e. The van der Waals surface area contributed by atoms with Gasteiger partial charge in [-0.25, -0.2) is 4.79 Å². The summed E-state index contributed by atoms with van der Waals surface area (Å²) in [4.78, 5) is 18.9. The number of Topliss-reactive ketones (excluding diaryl/α,β-unsaturated/α-hetero) is 1. The Morgan fingerprint density at radius 3 is 1.67 bits per heavy atom. The number of nitriles is 1. The van der Waals surface area contributed by atoms with Crippen molar-refractivity contribution in [2.75, 3.05) is 0 Å². The average Bonchev–Trinajstić information content (AvgIpc) is 1.68. The molecule has 0 aliphatic carbocycles. The first kappa shape index (κ1) is 10.6. The maximum atomic E-state index is 9.54. The molecule has 0 spiro atoms. The van der Waals surface area contributed by atoms with E-state index in [1.807, 2.05) is 0 Å². The van der Waals surface area contributed by atoms with Gasteiger partial charge in [-0.2, -0.15) is 5.26 Å². The lowest BCUT2D eigenvalue weighted by Crippen LogP contribution is -2.05. The molecule has 0 rings (SSSR count). The van der Waals surface area contributed by atoms with E-state index in [2.05, 4.69) is 0 Å². The van der Waals surface area contributed by atoms with Gasteiger partial charge in [0.05, 0.1) is 6.07 Å². The Kier molecular flexibility index (Phi) is 7.79. The number of nitrogens with zero attached hydrogens (tertiary/aromatic N) is 1. The van der Waals surface area contributed by atoms with Gasteiger partial charge in [-0.1, -0.05) is 0 Å². The second-order valence-electron chi connectivity index (χ2n) is 1.08. The Bertz CT molecular complexity index is 133. The molecule has 4 nitrogen and oxygen atoms in total. The summed E-state index contributed by atoms with van der Waals surface area (Å²) in [6.45, 7) is 2.43. The Morgan fingerprint density at radius 2 is 1.67 bits per heavy atom. The molecule has 0 bridgehead atoms. The molecule has 0 fully saturated rings. The fraction of sp³-hybridized carbons (Fsp3) is 0.400. The van der Waals surface area contributed by atoms with Crippen molar-refractivity contribution in [1.82, 2.24) is 0 Å². The van der Waals surface area contributed by atoms with Gasteiger partial charge in [-0.05, 0) is 0 Å². The van der Waals surface area contributed by atoms with Gasteiger partial charge in [0.15, 0.2) is 0 Å². The highest BCUT2D eigenvalue weighted by atomic mass is 16.4. The first-order valence-electron chi connectivity index (χ1n) is 2.11. The predicted octanol–water partition coefficient (Wildman–Crippen LogP) is 0.190. The van der Waals surface area contributed by atoms with E-state index in [0.717, 1.165) is 6.92 Å². The Balaban J connectivity index is 0. The SMILES string of the molecule is CC#N.CC(=O)C(=O)O. The van der Waals surface area contributed by atoms with Crippen LogP contribution in [0.4, 0.5) is 0 Å². The summed E-state index contributed by atoms with van der Waals surface area (Å²) in [6.07, 6.45) is 0. The van der Waals surface area contributed by atoms with Crippen LogP contribution in [0.3, 0.4) is 0 Å². The van der Waals surface area contributed by atoms with Crippen LogP contribution in [-0.2, 0) is 9.59 Å². The lowest BCUT2D eigenvalue weighted by Gasteiger charge is -1.73. The van der Waals surface area contributed by atoms with Gasteiger partial charge in [0.1, 0.15) is 0 Å². The van der Waals surface area contributed by atoms with Gasteiger partial charge < -0.3 is 5.11 Å². The van der Waals surface area contributed by atoms with Crippen molar-refractivity contribution >= 4 is 11.8 Å². The molecule has 0 atom stereocenters. The number of hydrogen-bond donors (Lipinski definition) is 1. The molecule has 0 aromatic rings. The maximum absolute atomic E-state index is 9.54. The molecule has 0 radical (unpaired) electrons. The summed E-state index contributed by atoms with van der Waals surface area (Å²) in [6, 6.07) is 1.75. The van der Waals surface area contributed by atoms with Crippen LogP contribution in [0.25, 0.3) is 0 Å². The van der Waals surface area contributed by atoms with E-state index >= 15 is 0 Å². The highest BCUT2D eigenvalue weighted by Crippen LogP contribution is 1.61. The lowest BCUT2D eigenvalue weighted by atomic mass is 10.5. The molecule has 0 saturated heterocycles. The summed E-state index contributed by atoms with van der Waals surface area (Å²) in [5.41, 5.74) is 0. The zero-order valence-electron chi connectivity index (χ0n) is 5.21. The van der Waals surface area contributed by atoms with E-state index in [0.29, 0.717) is 0 Å². The molecule has 4 heteroatoms. The monoisotopic (exact) mass is 129 g/mol. The molecular weight excluding hydrogens is 122 g/mol. The topological polar surface area (TPSA) is 78.2 Å². The van der Waals surface area contributed by atoms with E-state index in [1.54, 1.807) is 6.07 Å². The number of ketones is 1. The average molecular weight is 129 g/mol. The minimum Gasteiger partial charge on any atom is -0.476 e. The Labute approximate surface area is 52.7 Å². The number of carbonyl (C=O) groups excluding carboxylic acids is 1. The van der Waals surface area contributed by atoms with Crippen LogP contribution < -0.4 is 0 Å². The zero-order valence-corrected chi connectivity index (χ0v) is 5.21. The summed E-state index contributed by atoms with van der Waals surface area (Å²) in [5, 5.41) is 15.0. The van der Waals surface area contributed by atoms with Crippen LogP contribution in [0, 0.1) is 11.3 Å². The minimum atomic E-state index is -1.38. The number of carboxylic acids is 1. The summed E-state index contributed by atoms with van der Waals surface area (Å²) < 4.78 is 0. The highest BCUT2D eigenvalue weighted by molar-refractivity contribution is 6.31. The smallest absolute Gasteiger partial charge is 0.371 e. The van der Waals surface area contributed by atoms with E-state index < -0.39 is 11.8 Å². The third kappa shape index (κ3) is 20.5. The molecule has 0 unspecified atom stereocenters. The molecule has 50 valence electrons. The third-order valence-electron chi connectivity index (χ3n) is 0.301. The first-order chi connectivity index (χ1) is 4.06. The number of carboxylic acid groups (broad SMARTS) is 1. The minimum absolute atomic E-state index is 0.824. The molecular formula is C5H7NO3. The van der Waals surface area contributed by atoms with Crippen LogP contribution in [0.15, 0.2) is 0 Å². The van der Waals surface area contributed by atoms with Crippen molar-refractivity contribution in [2.45, 2.75) is 13.8 Å². The number of rotatable bonds is 1. The maximum Gasteiger partial charge on any atom is 0.371 e. The first-order valence-corrected chi connectivity index (χ1v) is 2.11. The van der Waals surface area contributed by atoms with Crippen LogP contribution >= 0.6 is 0 Å². The second-order valence-corrected chi connectivity index (χ2v) is 1.08. The number of aliphatic carboxylic acids is 1. The van der Waals surface area contributed by atoms with Gasteiger partial charge >= 0.3 is 5.97 Å². The van der Waals surface area contributed by atoms with E-state index in [9.17, 15) is 9.59 Å². The summed E-state index contributed by atoms with van der Waals surface area (Å²) in [5.74, 6) is -2.20. The second kappa shape index (κ2) is 6.63. The third-order valence-corrected chi connectivity index (χ3v) is 0.301. The van der Waals surface area contributed by atoms with Gasteiger partial charge in [0.2, 0.25) is 5.78 Å². The highest BCUT2D eigenvalue weighted by Gasteiger charge is 1.98. The van der Waals surface area contributed by atoms with Gasteiger partial charge in [-0.15, -0.1) is 0 Å². The lowest BCUT2D eigenvalue weighted by molar-refractivity contribution is -0.148. The molecule has 1 N–H and O–H groups in total. The van der Waals surface area contributed by atoms with Gasteiger partial charge in [0, 0.05) is 13.8 Å². The predicted molar refractivity (Wildman–Crippen MR) is 29.6 cm³/mol. The Morgan fingerprint density at radius 1 is 1.56 bits per heavy atom. The van der Waals surface area contributed by atoms with Crippen molar-refractivity contribution in [1.29, 1.82) is 5.26 Å². The molecule has 0 aliphatic rings. The standard InChI is InChI=1S/C3H4O3.C2H3N/c1-2(4)3(5)6;1-2-3/h1H3,(H,5,6);1H3. The zero-order chi connectivity index (χ0) is 7.86. The molecule has 0 aliphatic heterocycles. The van der Waals surface area contributed by atoms with Crippen LogP contribution in [0.2, 0.25) is 0 Å². The fourth-order valence-corrected chi connectivity index (χ4v) is 0. The van der Waals surface area contributed by atoms with E-state index in [-0.39, 0.29) is 0 Å². The van der Waals surface area contributed by atoms with Crippen molar-refractivity contribution in [3.05, 3.63) is 0 Å². The molecule has 0 aromatic carbocycles. The van der Waals surface area contributed by atoms with Gasteiger partial charge in [0.25, 0.3) is 0 Å². The van der Waals surface area contributed by atoms with Crippen molar-refractivity contribution in [3.8, 4) is 6.07 Å². The summed E-state index contributed by atoms with van der Waals surface area (Å²) >= 11 is 0. The molecule has 0 aromatic heterocycles. The van der Waals surface area contributed by atoms with Crippen LogP contribution in [-0.4, -0.2) is 16.9 Å². The fourth-order valence-electron chi connectivity index (χ4n) is 0. The number of hydrogen-bond acceptors (Lipinski definition) is 3. The molecule has 0 amide bonds. The quantitative estimate of drug-likeness (QED) is 0.512. The van der Waals surface area contributed by atoms with Crippen molar-refractivity contribution in [2.24, 2.45) is 0 Å².